The molecule has 0 spiro atoms. The van der Waals surface area contributed by atoms with Crippen molar-refractivity contribution >= 4 is 30.7 Å². The van der Waals surface area contributed by atoms with Crippen molar-refractivity contribution in [3.63, 3.8) is 0 Å². The lowest BCUT2D eigenvalue weighted by Gasteiger charge is -2.37. The number of nitrogens with one attached hydrogen (secondary N) is 1. The predicted molar refractivity (Wildman–Crippen MR) is 97.7 cm³/mol. The summed E-state index contributed by atoms with van der Waals surface area (Å²) in [5.41, 5.74) is 6.51. The molecule has 0 aromatic heterocycles. The van der Waals surface area contributed by atoms with Gasteiger partial charge < -0.3 is 20.7 Å². The van der Waals surface area contributed by atoms with E-state index < -0.39 is 5.54 Å². The third-order valence-electron chi connectivity index (χ3n) is 4.26. The van der Waals surface area contributed by atoms with Gasteiger partial charge in [-0.1, -0.05) is 12.1 Å². The molecule has 1 atom stereocenters. The third-order valence-corrected chi connectivity index (χ3v) is 4.26. The first kappa shape index (κ1) is 22.0. The predicted octanol–water partition coefficient (Wildman–Crippen LogP) is 2.14. The van der Waals surface area contributed by atoms with Gasteiger partial charge in [0.2, 0.25) is 5.91 Å². The van der Waals surface area contributed by atoms with Gasteiger partial charge in [-0.05, 0) is 51.1 Å². The Kier molecular flexibility index (Phi) is 8.92. The van der Waals surface area contributed by atoms with Crippen molar-refractivity contribution < 1.29 is 9.53 Å². The smallest absolute Gasteiger partial charge is 0.240 e. The van der Waals surface area contributed by atoms with E-state index in [0.717, 1.165) is 30.6 Å². The number of benzene rings is 1. The molecule has 132 valence electrons. The van der Waals surface area contributed by atoms with E-state index in [1.165, 1.54) is 0 Å². The highest BCUT2D eigenvalue weighted by Crippen LogP contribution is 2.29. The van der Waals surface area contributed by atoms with Gasteiger partial charge in [0, 0.05) is 6.54 Å². The first-order valence-corrected chi connectivity index (χ1v) is 7.34. The summed E-state index contributed by atoms with van der Waals surface area (Å²) in [6, 6.07) is 8.01. The minimum Gasteiger partial charge on any atom is -0.497 e. The molecule has 1 aromatic rings. The van der Waals surface area contributed by atoms with Crippen LogP contribution in [0.15, 0.2) is 24.3 Å². The van der Waals surface area contributed by atoms with E-state index in [9.17, 15) is 4.79 Å². The average Bonchev–Trinajstić information content (AvgIpc) is 2.44. The topological polar surface area (TPSA) is 67.6 Å². The normalized spacial score (nSPS) is 16.4. The Morgan fingerprint density at radius 2 is 2.04 bits per heavy atom. The number of amides is 1. The molecule has 2 rings (SSSR count). The number of nitrogens with zero attached hydrogens (tertiary/aromatic N) is 1. The maximum Gasteiger partial charge on any atom is 0.240 e. The van der Waals surface area contributed by atoms with Gasteiger partial charge in [-0.25, -0.2) is 0 Å². The van der Waals surface area contributed by atoms with Gasteiger partial charge in [-0.3, -0.25) is 4.79 Å². The van der Waals surface area contributed by atoms with Crippen LogP contribution < -0.4 is 15.8 Å². The molecule has 1 unspecified atom stereocenters. The SMILES string of the molecule is COc1cccc(C(CNC(=O)C2(N)CCC2)N(C)C)c1.Cl.Cl. The van der Waals surface area contributed by atoms with Crippen LogP contribution in [0.1, 0.15) is 30.9 Å². The van der Waals surface area contributed by atoms with Crippen LogP contribution in [0.5, 0.6) is 5.75 Å². The minimum atomic E-state index is -0.648. The Morgan fingerprint density at radius 1 is 1.39 bits per heavy atom. The highest BCUT2D eigenvalue weighted by Gasteiger charge is 2.40. The van der Waals surface area contributed by atoms with E-state index in [0.29, 0.717) is 6.54 Å². The Bertz CT molecular complexity index is 508. The van der Waals surface area contributed by atoms with E-state index in [1.54, 1.807) is 7.11 Å². The lowest BCUT2D eigenvalue weighted by atomic mass is 9.77. The monoisotopic (exact) mass is 363 g/mol. The van der Waals surface area contributed by atoms with Crippen LogP contribution in [0.25, 0.3) is 0 Å². The summed E-state index contributed by atoms with van der Waals surface area (Å²) < 4.78 is 5.27. The molecule has 5 nitrogen and oxygen atoms in total. The summed E-state index contributed by atoms with van der Waals surface area (Å²) in [6.45, 7) is 0.540. The molecule has 23 heavy (non-hydrogen) atoms. The Hall–Kier alpha value is -1.01. The lowest BCUT2D eigenvalue weighted by molar-refractivity contribution is -0.129. The third kappa shape index (κ3) is 5.24. The van der Waals surface area contributed by atoms with E-state index in [4.69, 9.17) is 10.5 Å². The molecule has 0 heterocycles. The summed E-state index contributed by atoms with van der Waals surface area (Å²) in [4.78, 5) is 14.2. The largest absolute Gasteiger partial charge is 0.497 e. The number of methoxy groups -OCH3 is 1. The second kappa shape index (κ2) is 9.33. The number of carbonyl (C=O) groups excluding carboxylic acids is 1. The van der Waals surface area contributed by atoms with Gasteiger partial charge in [0.05, 0.1) is 18.7 Å². The molecule has 1 amide bonds. The second-order valence-electron chi connectivity index (χ2n) is 5.98. The average molecular weight is 364 g/mol. The van der Waals surface area contributed by atoms with Crippen molar-refractivity contribution in [2.75, 3.05) is 27.7 Å². The van der Waals surface area contributed by atoms with Crippen LogP contribution in [0.3, 0.4) is 0 Å². The maximum atomic E-state index is 12.1. The molecular weight excluding hydrogens is 337 g/mol. The van der Waals surface area contributed by atoms with E-state index in [2.05, 4.69) is 10.2 Å². The number of carbonyl (C=O) groups is 1. The van der Waals surface area contributed by atoms with Gasteiger partial charge in [0.1, 0.15) is 5.75 Å². The molecule has 0 radical (unpaired) electrons. The molecule has 3 N–H and O–H groups in total. The zero-order valence-corrected chi connectivity index (χ0v) is 15.5. The summed E-state index contributed by atoms with van der Waals surface area (Å²) in [5.74, 6) is 0.781. The molecule has 1 aliphatic rings. The lowest BCUT2D eigenvalue weighted by Crippen LogP contribution is -2.59. The number of likely N-dealkylation sites (N-methyl/N-ethyl adjacent to an activating group) is 1. The standard InChI is InChI=1S/C16H25N3O2.2ClH/c1-19(2)14(12-6-4-7-13(10-12)21-3)11-18-15(20)16(17)8-5-9-16;;/h4,6-7,10,14H,5,8-9,11,17H2,1-3H3,(H,18,20);2*1H. The second-order valence-corrected chi connectivity index (χ2v) is 5.98. The number of halogens is 2. The minimum absolute atomic E-state index is 0. The van der Waals surface area contributed by atoms with E-state index in [1.807, 2.05) is 38.4 Å². The van der Waals surface area contributed by atoms with Gasteiger partial charge in [0.15, 0.2) is 0 Å². The Balaban J connectivity index is 0.00000242. The number of hydrogen-bond acceptors (Lipinski definition) is 4. The number of ether oxygens (including phenoxy) is 1. The molecule has 1 aromatic carbocycles. The molecule has 0 bridgehead atoms. The molecule has 0 saturated heterocycles. The highest BCUT2D eigenvalue weighted by molar-refractivity contribution is 5.87. The van der Waals surface area contributed by atoms with Crippen LogP contribution in [0.4, 0.5) is 0 Å². The maximum absolute atomic E-state index is 12.1. The molecule has 7 heteroatoms. The highest BCUT2D eigenvalue weighted by atomic mass is 35.5. The van der Waals surface area contributed by atoms with Crippen LogP contribution in [-0.2, 0) is 4.79 Å². The van der Waals surface area contributed by atoms with Gasteiger partial charge >= 0.3 is 0 Å². The van der Waals surface area contributed by atoms with Gasteiger partial charge in [0.25, 0.3) is 0 Å². The van der Waals surface area contributed by atoms with Crippen LogP contribution in [-0.4, -0.2) is 44.1 Å². The first-order chi connectivity index (χ1) is 9.96. The van der Waals surface area contributed by atoms with Crippen LogP contribution >= 0.6 is 24.8 Å². The molecule has 1 saturated carbocycles. The molecule has 1 aliphatic carbocycles. The first-order valence-electron chi connectivity index (χ1n) is 7.34. The summed E-state index contributed by atoms with van der Waals surface area (Å²) >= 11 is 0. The van der Waals surface area contributed by atoms with Crippen molar-refractivity contribution in [3.8, 4) is 5.75 Å². The Morgan fingerprint density at radius 3 is 2.52 bits per heavy atom. The Labute approximate surface area is 150 Å². The zero-order chi connectivity index (χ0) is 15.5. The van der Waals surface area contributed by atoms with E-state index >= 15 is 0 Å². The van der Waals surface area contributed by atoms with Gasteiger partial charge in [-0.2, -0.15) is 0 Å². The number of rotatable bonds is 6. The fraction of sp³-hybridized carbons (Fsp3) is 0.562. The molecular formula is C16H27Cl2N3O2. The number of nitrogens with two attached hydrogens (primary N) is 1. The fourth-order valence-corrected chi connectivity index (χ4v) is 2.60. The van der Waals surface area contributed by atoms with Crippen molar-refractivity contribution in [2.24, 2.45) is 5.73 Å². The van der Waals surface area contributed by atoms with E-state index in [-0.39, 0.29) is 36.8 Å². The van der Waals surface area contributed by atoms with Crippen molar-refractivity contribution in [1.82, 2.24) is 10.2 Å². The number of hydrogen-bond donors (Lipinski definition) is 2. The van der Waals surface area contributed by atoms with Crippen molar-refractivity contribution in [1.29, 1.82) is 0 Å². The molecule has 1 fully saturated rings. The summed E-state index contributed by atoms with van der Waals surface area (Å²) in [6.07, 6.45) is 2.60. The fourth-order valence-electron chi connectivity index (χ4n) is 2.60. The molecule has 0 aliphatic heterocycles. The zero-order valence-electron chi connectivity index (χ0n) is 13.9. The van der Waals surface area contributed by atoms with Crippen LogP contribution in [0.2, 0.25) is 0 Å². The summed E-state index contributed by atoms with van der Waals surface area (Å²) in [5, 5.41) is 3.00. The van der Waals surface area contributed by atoms with Crippen LogP contribution in [0, 0.1) is 0 Å². The van der Waals surface area contributed by atoms with Crippen molar-refractivity contribution in [2.45, 2.75) is 30.8 Å². The quantitative estimate of drug-likeness (QED) is 0.812. The summed E-state index contributed by atoms with van der Waals surface area (Å²) in [7, 11) is 5.65. The van der Waals surface area contributed by atoms with Gasteiger partial charge in [-0.15, -0.1) is 24.8 Å². The van der Waals surface area contributed by atoms with Crippen molar-refractivity contribution in [3.05, 3.63) is 29.8 Å².